The smallest absolute Gasteiger partial charge is 0.239 e. The van der Waals surface area contributed by atoms with E-state index in [0.29, 0.717) is 36.2 Å². The molecule has 1 aromatic carbocycles. The number of fused-ring (bicyclic) bond motifs is 1. The Morgan fingerprint density at radius 2 is 1.94 bits per heavy atom. The fourth-order valence-corrected chi connectivity index (χ4v) is 4.02. The van der Waals surface area contributed by atoms with Crippen LogP contribution in [0.25, 0.3) is 5.69 Å². The summed E-state index contributed by atoms with van der Waals surface area (Å²) >= 11 is 0. The van der Waals surface area contributed by atoms with Gasteiger partial charge in [0.2, 0.25) is 11.8 Å². The standard InChI is InChI=1S/C21H23FN8O2/c1-14-18(30(27-24-14)16-4-2-15(22)3-5-16)13-32-20-7-6-19(25-26-20)29-11-10-28-9-8-23-21(31)17(28)12-29/h2-7,17H,8-13H2,1H3,(H,23,31). The van der Waals surface area contributed by atoms with Crippen LogP contribution in [0, 0.1) is 12.7 Å². The number of benzene rings is 1. The number of ether oxygens (including phenoxy) is 1. The SMILES string of the molecule is Cc1nnn(-c2ccc(F)cc2)c1COc1ccc(N2CCN3CCNC(=O)C3C2)nn1. The number of anilines is 1. The van der Waals surface area contributed by atoms with Gasteiger partial charge in [0.15, 0.2) is 5.82 Å². The second-order valence-corrected chi connectivity index (χ2v) is 7.82. The Hall–Kier alpha value is -3.60. The topological polar surface area (TPSA) is 101 Å². The first-order valence-electron chi connectivity index (χ1n) is 10.5. The van der Waals surface area contributed by atoms with E-state index in [-0.39, 0.29) is 24.4 Å². The van der Waals surface area contributed by atoms with Crippen molar-refractivity contribution in [3.05, 3.63) is 53.6 Å². The van der Waals surface area contributed by atoms with Crippen molar-refractivity contribution in [2.24, 2.45) is 0 Å². The van der Waals surface area contributed by atoms with Crippen LogP contribution < -0.4 is 15.0 Å². The third kappa shape index (κ3) is 3.98. The highest BCUT2D eigenvalue weighted by molar-refractivity contribution is 5.83. The number of amides is 1. The van der Waals surface area contributed by atoms with Gasteiger partial charge in [0.05, 0.1) is 11.4 Å². The second kappa shape index (κ2) is 8.50. The summed E-state index contributed by atoms with van der Waals surface area (Å²) in [5.41, 5.74) is 2.14. The molecule has 0 spiro atoms. The lowest BCUT2D eigenvalue weighted by atomic mass is 10.1. The van der Waals surface area contributed by atoms with Crippen molar-refractivity contribution in [1.82, 2.24) is 35.4 Å². The molecule has 4 heterocycles. The van der Waals surface area contributed by atoms with E-state index in [2.05, 4.69) is 35.6 Å². The van der Waals surface area contributed by atoms with E-state index in [1.165, 1.54) is 12.1 Å². The zero-order valence-electron chi connectivity index (χ0n) is 17.6. The van der Waals surface area contributed by atoms with Crippen LogP contribution in [0.5, 0.6) is 5.88 Å². The molecule has 2 aromatic heterocycles. The molecule has 166 valence electrons. The van der Waals surface area contributed by atoms with Crippen molar-refractivity contribution in [1.29, 1.82) is 0 Å². The maximum absolute atomic E-state index is 13.2. The van der Waals surface area contributed by atoms with Crippen LogP contribution >= 0.6 is 0 Å². The van der Waals surface area contributed by atoms with E-state index >= 15 is 0 Å². The van der Waals surface area contributed by atoms with Crippen molar-refractivity contribution in [3.63, 3.8) is 0 Å². The van der Waals surface area contributed by atoms with E-state index in [0.717, 1.165) is 25.3 Å². The van der Waals surface area contributed by atoms with Gasteiger partial charge in [-0.05, 0) is 37.3 Å². The number of carbonyl (C=O) groups excluding carboxylic acids is 1. The molecule has 2 saturated heterocycles. The van der Waals surface area contributed by atoms with E-state index < -0.39 is 0 Å². The molecule has 2 aliphatic heterocycles. The number of nitrogens with zero attached hydrogens (tertiary/aromatic N) is 7. The Kier molecular flexibility index (Phi) is 5.39. The van der Waals surface area contributed by atoms with Gasteiger partial charge in [-0.3, -0.25) is 9.69 Å². The predicted molar refractivity (Wildman–Crippen MR) is 113 cm³/mol. The van der Waals surface area contributed by atoms with E-state index in [1.54, 1.807) is 22.9 Å². The summed E-state index contributed by atoms with van der Waals surface area (Å²) < 4.78 is 20.7. The molecule has 0 radical (unpaired) electrons. The molecule has 1 amide bonds. The van der Waals surface area contributed by atoms with E-state index in [4.69, 9.17) is 4.74 Å². The molecule has 1 unspecified atom stereocenters. The Balaban J connectivity index is 1.25. The highest BCUT2D eigenvalue weighted by atomic mass is 19.1. The van der Waals surface area contributed by atoms with Gasteiger partial charge in [-0.15, -0.1) is 15.3 Å². The molecule has 0 bridgehead atoms. The van der Waals surface area contributed by atoms with Crippen LogP contribution in [0.15, 0.2) is 36.4 Å². The number of aromatic nitrogens is 5. The summed E-state index contributed by atoms with van der Waals surface area (Å²) in [5.74, 6) is 0.832. The van der Waals surface area contributed by atoms with Gasteiger partial charge in [-0.2, -0.15) is 0 Å². The molecule has 32 heavy (non-hydrogen) atoms. The Morgan fingerprint density at radius 1 is 1.09 bits per heavy atom. The van der Waals surface area contributed by atoms with Crippen molar-refractivity contribution in [2.75, 3.05) is 37.6 Å². The van der Waals surface area contributed by atoms with Gasteiger partial charge < -0.3 is 15.0 Å². The number of piperazine rings is 2. The summed E-state index contributed by atoms with van der Waals surface area (Å²) in [6, 6.07) is 9.47. The zero-order valence-corrected chi connectivity index (χ0v) is 17.6. The molecule has 0 aliphatic carbocycles. The third-order valence-corrected chi connectivity index (χ3v) is 5.83. The molecule has 0 saturated carbocycles. The average Bonchev–Trinajstić information content (AvgIpc) is 3.19. The average molecular weight is 438 g/mol. The van der Waals surface area contributed by atoms with E-state index in [9.17, 15) is 9.18 Å². The lowest BCUT2D eigenvalue weighted by Crippen LogP contribution is -2.64. The van der Waals surface area contributed by atoms with Crippen LogP contribution in [0.4, 0.5) is 10.2 Å². The van der Waals surface area contributed by atoms with Crippen molar-refractivity contribution < 1.29 is 13.9 Å². The quantitative estimate of drug-likeness (QED) is 0.622. The molecular weight excluding hydrogens is 415 g/mol. The predicted octanol–water partition coefficient (Wildman–Crippen LogP) is 0.704. The zero-order chi connectivity index (χ0) is 22.1. The number of rotatable bonds is 5. The molecule has 10 nitrogen and oxygen atoms in total. The Labute approximate surface area is 184 Å². The monoisotopic (exact) mass is 438 g/mol. The van der Waals surface area contributed by atoms with Crippen LogP contribution in [0.1, 0.15) is 11.4 Å². The minimum absolute atomic E-state index is 0.0654. The normalized spacial score (nSPS) is 18.9. The van der Waals surface area contributed by atoms with Crippen LogP contribution in [-0.2, 0) is 11.4 Å². The molecule has 2 aliphatic rings. The molecule has 5 rings (SSSR count). The molecule has 2 fully saturated rings. The number of aryl methyl sites for hydroxylation is 1. The largest absolute Gasteiger partial charge is 0.470 e. The molecular formula is C21H23FN8O2. The van der Waals surface area contributed by atoms with Crippen LogP contribution in [0.3, 0.4) is 0 Å². The van der Waals surface area contributed by atoms with Gasteiger partial charge in [-0.1, -0.05) is 5.21 Å². The van der Waals surface area contributed by atoms with Gasteiger partial charge in [0.1, 0.15) is 24.2 Å². The minimum Gasteiger partial charge on any atom is -0.470 e. The van der Waals surface area contributed by atoms with Crippen molar-refractivity contribution in [3.8, 4) is 11.6 Å². The molecule has 1 atom stereocenters. The van der Waals surface area contributed by atoms with Gasteiger partial charge in [0, 0.05) is 38.8 Å². The lowest BCUT2D eigenvalue weighted by Gasteiger charge is -2.43. The summed E-state index contributed by atoms with van der Waals surface area (Å²) in [5, 5.41) is 19.6. The first-order chi connectivity index (χ1) is 15.6. The van der Waals surface area contributed by atoms with Gasteiger partial charge in [-0.25, -0.2) is 9.07 Å². The molecule has 1 N–H and O–H groups in total. The number of hydrogen-bond acceptors (Lipinski definition) is 8. The van der Waals surface area contributed by atoms with Crippen molar-refractivity contribution >= 4 is 11.7 Å². The highest BCUT2D eigenvalue weighted by Crippen LogP contribution is 2.20. The van der Waals surface area contributed by atoms with Crippen molar-refractivity contribution in [2.45, 2.75) is 19.6 Å². The molecule has 11 heteroatoms. The maximum atomic E-state index is 13.2. The fraction of sp³-hybridized carbons (Fsp3) is 0.381. The lowest BCUT2D eigenvalue weighted by molar-refractivity contribution is -0.129. The van der Waals surface area contributed by atoms with Gasteiger partial charge in [0.25, 0.3) is 0 Å². The second-order valence-electron chi connectivity index (χ2n) is 7.82. The Morgan fingerprint density at radius 3 is 2.72 bits per heavy atom. The Bertz CT molecular complexity index is 1100. The van der Waals surface area contributed by atoms with Gasteiger partial charge >= 0.3 is 0 Å². The number of halogens is 1. The van der Waals surface area contributed by atoms with Crippen LogP contribution in [-0.4, -0.2) is 74.8 Å². The third-order valence-electron chi connectivity index (χ3n) is 5.83. The molecule has 3 aromatic rings. The minimum atomic E-state index is -0.315. The summed E-state index contributed by atoms with van der Waals surface area (Å²) in [7, 11) is 0. The van der Waals surface area contributed by atoms with Crippen LogP contribution in [0.2, 0.25) is 0 Å². The number of carbonyl (C=O) groups is 1. The summed E-state index contributed by atoms with van der Waals surface area (Å²) in [6.45, 7) is 5.80. The fourth-order valence-electron chi connectivity index (χ4n) is 4.02. The first-order valence-corrected chi connectivity index (χ1v) is 10.5. The first kappa shape index (κ1) is 20.3. The summed E-state index contributed by atoms with van der Waals surface area (Å²) in [4.78, 5) is 16.4. The maximum Gasteiger partial charge on any atom is 0.239 e. The highest BCUT2D eigenvalue weighted by Gasteiger charge is 2.35. The summed E-state index contributed by atoms with van der Waals surface area (Å²) in [6.07, 6.45) is 0. The number of hydrogen-bond donors (Lipinski definition) is 1. The van der Waals surface area contributed by atoms with E-state index in [1.807, 2.05) is 13.0 Å². The number of nitrogens with one attached hydrogen (secondary N) is 1.